The Labute approximate surface area is 161 Å². The molecule has 0 aromatic carbocycles. The summed E-state index contributed by atoms with van der Waals surface area (Å²) in [5.41, 5.74) is 10.5. The van der Waals surface area contributed by atoms with Gasteiger partial charge in [0.05, 0.1) is 0 Å². The average molecular weight is 367 g/mol. The van der Waals surface area contributed by atoms with E-state index in [1.54, 1.807) is 16.8 Å². The number of hydrogen-bond donors (Lipinski definition) is 1. The van der Waals surface area contributed by atoms with Gasteiger partial charge in [-0.3, -0.25) is 14.2 Å². The Kier molecular flexibility index (Phi) is 5.78. The van der Waals surface area contributed by atoms with Crippen molar-refractivity contribution in [3.05, 3.63) is 51.7 Å². The zero-order chi connectivity index (χ0) is 19.6. The van der Waals surface area contributed by atoms with E-state index in [2.05, 4.69) is 18.8 Å². The molecule has 1 saturated carbocycles. The Morgan fingerprint density at radius 1 is 1.37 bits per heavy atom. The normalized spacial score (nSPS) is 16.0. The highest BCUT2D eigenvalue weighted by molar-refractivity contribution is 6.10. The number of aromatic nitrogens is 2. The van der Waals surface area contributed by atoms with Crippen molar-refractivity contribution < 1.29 is 0 Å². The quantitative estimate of drug-likeness (QED) is 0.782. The summed E-state index contributed by atoms with van der Waals surface area (Å²) in [5.74, 6) is 1.07. The Morgan fingerprint density at radius 3 is 2.67 bits per heavy atom. The van der Waals surface area contributed by atoms with Crippen LogP contribution in [0.15, 0.2) is 34.4 Å². The number of hydrogen-bond acceptors (Lipinski definition) is 4. The lowest BCUT2D eigenvalue weighted by Crippen LogP contribution is -2.23. The van der Waals surface area contributed by atoms with Crippen molar-refractivity contribution in [3.8, 4) is 0 Å². The Hall–Kier alpha value is -2.43. The Balaban J connectivity index is 2.17. The van der Waals surface area contributed by atoms with Crippen LogP contribution in [0.25, 0.3) is 11.2 Å². The van der Waals surface area contributed by atoms with Gasteiger partial charge in [0, 0.05) is 48.1 Å². The van der Waals surface area contributed by atoms with Gasteiger partial charge in [-0.25, -0.2) is 4.98 Å². The van der Waals surface area contributed by atoms with E-state index in [1.807, 2.05) is 32.3 Å². The first-order valence-corrected chi connectivity index (χ1v) is 9.90. The van der Waals surface area contributed by atoms with Crippen LogP contribution in [0.4, 0.5) is 0 Å². The summed E-state index contributed by atoms with van der Waals surface area (Å²) in [7, 11) is 0. The minimum absolute atomic E-state index is 0.0221. The van der Waals surface area contributed by atoms with Crippen molar-refractivity contribution in [1.82, 2.24) is 9.38 Å². The second-order valence-corrected chi connectivity index (χ2v) is 8.15. The predicted molar refractivity (Wildman–Crippen MR) is 113 cm³/mol. The first-order chi connectivity index (χ1) is 12.9. The molecule has 5 heteroatoms. The molecule has 0 amide bonds. The Morgan fingerprint density at radius 2 is 2.11 bits per heavy atom. The van der Waals surface area contributed by atoms with Crippen LogP contribution in [0, 0.1) is 5.92 Å². The Bertz CT molecular complexity index is 933. The summed E-state index contributed by atoms with van der Waals surface area (Å²) in [4.78, 5) is 22.1. The third-order valence-electron chi connectivity index (χ3n) is 5.27. The molecule has 27 heavy (non-hydrogen) atoms. The van der Waals surface area contributed by atoms with Crippen molar-refractivity contribution >= 4 is 17.4 Å². The molecule has 3 rings (SSSR count). The lowest BCUT2D eigenvalue weighted by Gasteiger charge is -2.29. The van der Waals surface area contributed by atoms with Crippen molar-refractivity contribution in [2.75, 3.05) is 6.54 Å². The summed E-state index contributed by atoms with van der Waals surface area (Å²) < 4.78 is 1.70. The van der Waals surface area contributed by atoms with Gasteiger partial charge in [0.1, 0.15) is 5.65 Å². The lowest BCUT2D eigenvalue weighted by molar-refractivity contribution is 0.420. The van der Waals surface area contributed by atoms with Crippen molar-refractivity contribution in [3.63, 3.8) is 0 Å². The van der Waals surface area contributed by atoms with Crippen LogP contribution in [0.2, 0.25) is 0 Å². The standard InChI is InChI=1S/C22H30N4O/c1-14(2)11-24-12-17(10-23)18-8-9-26-21(20(18)16-6-5-7-16)25-13-19(15(3)4)22(26)27/h8-10,12-16H,5-7,11,23H2,1-4H3. The van der Waals surface area contributed by atoms with Crippen LogP contribution in [-0.2, 0) is 0 Å². The van der Waals surface area contributed by atoms with Gasteiger partial charge >= 0.3 is 0 Å². The van der Waals surface area contributed by atoms with Crippen LogP contribution in [-0.4, -0.2) is 22.1 Å². The first kappa shape index (κ1) is 19.3. The molecule has 0 saturated heterocycles. The minimum atomic E-state index is 0.0221. The van der Waals surface area contributed by atoms with Crippen LogP contribution in [0.5, 0.6) is 0 Å². The van der Waals surface area contributed by atoms with E-state index in [-0.39, 0.29) is 11.5 Å². The molecular weight excluding hydrogens is 336 g/mol. The van der Waals surface area contributed by atoms with Gasteiger partial charge in [0.15, 0.2) is 0 Å². The predicted octanol–water partition coefficient (Wildman–Crippen LogP) is 4.11. The average Bonchev–Trinajstić information content (AvgIpc) is 2.58. The summed E-state index contributed by atoms with van der Waals surface area (Å²) >= 11 is 0. The first-order valence-electron chi connectivity index (χ1n) is 9.90. The molecule has 144 valence electrons. The molecule has 0 spiro atoms. The molecule has 1 aliphatic carbocycles. The number of nitrogens with zero attached hydrogens (tertiary/aromatic N) is 3. The largest absolute Gasteiger partial charge is 0.404 e. The fraction of sp³-hybridized carbons (Fsp3) is 0.500. The van der Waals surface area contributed by atoms with E-state index in [0.717, 1.165) is 47.3 Å². The highest BCUT2D eigenvalue weighted by Crippen LogP contribution is 2.41. The third kappa shape index (κ3) is 3.82. The number of pyridine rings is 1. The van der Waals surface area contributed by atoms with Gasteiger partial charge in [-0.1, -0.05) is 34.1 Å². The van der Waals surface area contributed by atoms with Crippen molar-refractivity contribution in [2.45, 2.75) is 58.8 Å². The molecule has 0 unspecified atom stereocenters. The number of fused-ring (bicyclic) bond motifs is 1. The van der Waals surface area contributed by atoms with E-state index in [1.165, 1.54) is 6.42 Å². The van der Waals surface area contributed by atoms with Crippen molar-refractivity contribution in [2.24, 2.45) is 16.6 Å². The zero-order valence-electron chi connectivity index (χ0n) is 16.8. The van der Waals surface area contributed by atoms with E-state index in [0.29, 0.717) is 11.8 Å². The van der Waals surface area contributed by atoms with Crippen molar-refractivity contribution in [1.29, 1.82) is 0 Å². The van der Waals surface area contributed by atoms with Gasteiger partial charge in [-0.2, -0.15) is 0 Å². The minimum Gasteiger partial charge on any atom is -0.404 e. The molecule has 1 fully saturated rings. The molecule has 2 heterocycles. The topological polar surface area (TPSA) is 72.8 Å². The number of rotatable bonds is 6. The molecule has 0 atom stereocenters. The highest BCUT2D eigenvalue weighted by atomic mass is 16.1. The third-order valence-corrected chi connectivity index (χ3v) is 5.27. The van der Waals surface area contributed by atoms with Gasteiger partial charge < -0.3 is 5.73 Å². The maximum atomic E-state index is 12.9. The molecule has 2 N–H and O–H groups in total. The number of allylic oxidation sites excluding steroid dienone is 1. The molecule has 0 bridgehead atoms. The van der Waals surface area contributed by atoms with Crippen LogP contribution >= 0.6 is 0 Å². The number of nitrogens with two attached hydrogens (primary N) is 1. The summed E-state index contributed by atoms with van der Waals surface area (Å²) in [5, 5.41) is 0. The van der Waals surface area contributed by atoms with E-state index >= 15 is 0 Å². The smallest absolute Gasteiger partial charge is 0.261 e. The lowest BCUT2D eigenvalue weighted by atomic mass is 9.77. The molecule has 1 aliphatic rings. The molecule has 2 aromatic rings. The SMILES string of the molecule is CC(C)CN=CC(=CN)c1ccn2c(=O)c(C(C)C)cnc2c1C1CCC1. The van der Waals surface area contributed by atoms with Crippen LogP contribution in [0.3, 0.4) is 0 Å². The fourth-order valence-electron chi connectivity index (χ4n) is 3.49. The molecule has 2 aromatic heterocycles. The van der Waals surface area contributed by atoms with E-state index in [9.17, 15) is 4.79 Å². The van der Waals surface area contributed by atoms with Gasteiger partial charge in [-0.15, -0.1) is 0 Å². The second-order valence-electron chi connectivity index (χ2n) is 8.15. The fourth-order valence-corrected chi connectivity index (χ4v) is 3.49. The molecular formula is C22H30N4O. The maximum Gasteiger partial charge on any atom is 0.261 e. The summed E-state index contributed by atoms with van der Waals surface area (Å²) in [6, 6.07) is 1.99. The van der Waals surface area contributed by atoms with Gasteiger partial charge in [0.2, 0.25) is 0 Å². The maximum absolute atomic E-state index is 12.9. The molecule has 0 aliphatic heterocycles. The van der Waals surface area contributed by atoms with Gasteiger partial charge in [-0.05, 0) is 42.2 Å². The van der Waals surface area contributed by atoms with E-state index < -0.39 is 0 Å². The zero-order valence-corrected chi connectivity index (χ0v) is 16.8. The van der Waals surface area contributed by atoms with E-state index in [4.69, 9.17) is 10.7 Å². The molecule has 5 nitrogen and oxygen atoms in total. The number of aliphatic imine (C=N–C) groups is 1. The monoisotopic (exact) mass is 366 g/mol. The van der Waals surface area contributed by atoms with Gasteiger partial charge in [0.25, 0.3) is 5.56 Å². The van der Waals surface area contributed by atoms with Crippen LogP contribution < -0.4 is 11.3 Å². The molecule has 0 radical (unpaired) electrons. The van der Waals surface area contributed by atoms with Crippen LogP contribution in [0.1, 0.15) is 75.5 Å². The second kappa shape index (κ2) is 8.07. The highest BCUT2D eigenvalue weighted by Gasteiger charge is 2.27. The summed E-state index contributed by atoms with van der Waals surface area (Å²) in [6.45, 7) is 9.08. The summed E-state index contributed by atoms with van der Waals surface area (Å²) in [6.07, 6.45) is 10.5.